The number of piperazine rings is 1. The Balaban J connectivity index is 1.68. The Hall–Kier alpha value is -2.25. The predicted molar refractivity (Wildman–Crippen MR) is 102 cm³/mol. The average Bonchev–Trinajstić information content (AvgIpc) is 2.93. The summed E-state index contributed by atoms with van der Waals surface area (Å²) in [7, 11) is -3.27. The van der Waals surface area contributed by atoms with Crippen LogP contribution in [0.4, 0.5) is 10.1 Å². The van der Waals surface area contributed by atoms with Gasteiger partial charge in [-0.25, -0.2) is 12.8 Å². The van der Waals surface area contributed by atoms with Gasteiger partial charge in [-0.2, -0.15) is 0 Å². The molecule has 2 aliphatic heterocycles. The first-order valence-corrected chi connectivity index (χ1v) is 10.7. The number of rotatable bonds is 3. The lowest BCUT2D eigenvalue weighted by Gasteiger charge is -2.43. The van der Waals surface area contributed by atoms with Crippen LogP contribution in [-0.4, -0.2) is 49.4 Å². The standard InChI is InChI=1S/C20H21FN2O3S/c1-14-6-8-16(9-7-14)23-19-13-27(25,26)12-18(19)22(11-20(23)24)10-15-4-2-3-5-17(15)21/h2-9,18-19H,10-13H2,1H3. The molecule has 5 nitrogen and oxygen atoms in total. The molecule has 0 spiro atoms. The van der Waals surface area contributed by atoms with Gasteiger partial charge in [0.1, 0.15) is 5.82 Å². The fraction of sp³-hybridized carbons (Fsp3) is 0.350. The van der Waals surface area contributed by atoms with Gasteiger partial charge in [-0.1, -0.05) is 35.9 Å². The van der Waals surface area contributed by atoms with Crippen molar-refractivity contribution in [1.82, 2.24) is 4.90 Å². The van der Waals surface area contributed by atoms with Gasteiger partial charge in [-0.3, -0.25) is 9.69 Å². The molecule has 2 fully saturated rings. The van der Waals surface area contributed by atoms with Crippen molar-refractivity contribution in [3.8, 4) is 0 Å². The fourth-order valence-electron chi connectivity index (χ4n) is 4.02. The molecule has 4 rings (SSSR count). The third-order valence-corrected chi connectivity index (χ3v) is 7.04. The van der Waals surface area contributed by atoms with Crippen molar-refractivity contribution in [3.05, 3.63) is 65.5 Å². The van der Waals surface area contributed by atoms with Gasteiger partial charge in [-0.05, 0) is 25.1 Å². The summed E-state index contributed by atoms with van der Waals surface area (Å²) >= 11 is 0. The number of aryl methyl sites for hydroxylation is 1. The van der Waals surface area contributed by atoms with Crippen LogP contribution in [-0.2, 0) is 21.2 Å². The zero-order valence-electron chi connectivity index (χ0n) is 15.0. The van der Waals surface area contributed by atoms with Crippen molar-refractivity contribution >= 4 is 21.4 Å². The van der Waals surface area contributed by atoms with Crippen LogP contribution in [0.5, 0.6) is 0 Å². The Labute approximate surface area is 158 Å². The summed E-state index contributed by atoms with van der Waals surface area (Å²) < 4.78 is 38.8. The van der Waals surface area contributed by atoms with Crippen molar-refractivity contribution in [2.24, 2.45) is 0 Å². The van der Waals surface area contributed by atoms with Crippen LogP contribution in [0, 0.1) is 12.7 Å². The SMILES string of the molecule is Cc1ccc(N2C(=O)CN(Cc3ccccc3F)C3CS(=O)(=O)CC32)cc1. The summed E-state index contributed by atoms with van der Waals surface area (Å²) in [5.74, 6) is -0.579. The first-order chi connectivity index (χ1) is 12.8. The molecule has 2 heterocycles. The highest BCUT2D eigenvalue weighted by Gasteiger charge is 2.49. The molecule has 2 unspecified atom stereocenters. The van der Waals surface area contributed by atoms with E-state index in [0.29, 0.717) is 11.3 Å². The number of carbonyl (C=O) groups is 1. The number of hydrogen-bond acceptors (Lipinski definition) is 4. The van der Waals surface area contributed by atoms with Crippen LogP contribution in [0.2, 0.25) is 0 Å². The maximum Gasteiger partial charge on any atom is 0.241 e. The van der Waals surface area contributed by atoms with Crippen LogP contribution in [0.15, 0.2) is 48.5 Å². The number of halogens is 1. The van der Waals surface area contributed by atoms with E-state index in [0.717, 1.165) is 5.56 Å². The molecule has 0 aliphatic carbocycles. The van der Waals surface area contributed by atoms with Crippen LogP contribution in [0.3, 0.4) is 0 Å². The minimum atomic E-state index is -3.27. The van der Waals surface area contributed by atoms with E-state index in [-0.39, 0.29) is 42.4 Å². The van der Waals surface area contributed by atoms with Crippen molar-refractivity contribution in [3.63, 3.8) is 0 Å². The number of fused-ring (bicyclic) bond motifs is 1. The summed E-state index contributed by atoms with van der Waals surface area (Å²) in [6.07, 6.45) is 0. The first-order valence-electron chi connectivity index (χ1n) is 8.91. The molecule has 7 heteroatoms. The van der Waals surface area contributed by atoms with E-state index < -0.39 is 15.9 Å². The molecule has 2 aromatic rings. The fourth-order valence-corrected chi connectivity index (χ4v) is 6.00. The Morgan fingerprint density at radius 2 is 1.70 bits per heavy atom. The number of carbonyl (C=O) groups excluding carboxylic acids is 1. The van der Waals surface area contributed by atoms with E-state index in [2.05, 4.69) is 0 Å². The van der Waals surface area contributed by atoms with E-state index in [4.69, 9.17) is 0 Å². The number of hydrogen-bond donors (Lipinski definition) is 0. The maximum atomic E-state index is 14.1. The highest BCUT2D eigenvalue weighted by molar-refractivity contribution is 7.91. The lowest BCUT2D eigenvalue weighted by atomic mass is 10.0. The quantitative estimate of drug-likeness (QED) is 0.809. The topological polar surface area (TPSA) is 57.7 Å². The van der Waals surface area contributed by atoms with Crippen molar-refractivity contribution in [2.75, 3.05) is 23.0 Å². The summed E-state index contributed by atoms with van der Waals surface area (Å²) in [6, 6.07) is 13.1. The molecular weight excluding hydrogens is 367 g/mol. The number of sulfone groups is 1. The molecule has 142 valence electrons. The van der Waals surface area contributed by atoms with E-state index in [9.17, 15) is 17.6 Å². The Morgan fingerprint density at radius 3 is 2.41 bits per heavy atom. The number of amides is 1. The summed E-state index contributed by atoms with van der Waals surface area (Å²) in [6.45, 7) is 2.25. The molecule has 0 aromatic heterocycles. The Bertz CT molecular complexity index is 975. The normalized spacial score (nSPS) is 24.8. The smallest absolute Gasteiger partial charge is 0.241 e. The van der Waals surface area contributed by atoms with Gasteiger partial charge in [0, 0.05) is 23.8 Å². The average molecular weight is 388 g/mol. The zero-order valence-corrected chi connectivity index (χ0v) is 15.8. The van der Waals surface area contributed by atoms with Crippen LogP contribution < -0.4 is 4.90 Å². The van der Waals surface area contributed by atoms with Gasteiger partial charge in [0.05, 0.1) is 24.1 Å². The number of benzene rings is 2. The Morgan fingerprint density at radius 1 is 1.04 bits per heavy atom. The van der Waals surface area contributed by atoms with Gasteiger partial charge in [0.25, 0.3) is 0 Å². The van der Waals surface area contributed by atoms with Crippen molar-refractivity contribution in [1.29, 1.82) is 0 Å². The second-order valence-corrected chi connectivity index (χ2v) is 9.46. The van der Waals surface area contributed by atoms with Gasteiger partial charge in [-0.15, -0.1) is 0 Å². The lowest BCUT2D eigenvalue weighted by Crippen LogP contribution is -2.61. The molecular formula is C20H21FN2O3S. The third-order valence-electron chi connectivity index (χ3n) is 5.34. The molecule has 27 heavy (non-hydrogen) atoms. The van der Waals surface area contributed by atoms with Gasteiger partial charge < -0.3 is 4.90 Å². The Kier molecular flexibility index (Phi) is 4.52. The largest absolute Gasteiger partial charge is 0.306 e. The van der Waals surface area contributed by atoms with Gasteiger partial charge in [0.15, 0.2) is 9.84 Å². The van der Waals surface area contributed by atoms with Gasteiger partial charge in [0.2, 0.25) is 5.91 Å². The second-order valence-electron chi connectivity index (χ2n) is 7.31. The summed E-state index contributed by atoms with van der Waals surface area (Å²) in [5.41, 5.74) is 2.25. The monoisotopic (exact) mass is 388 g/mol. The molecule has 2 atom stereocenters. The predicted octanol–water partition coefficient (Wildman–Crippen LogP) is 2.15. The summed E-state index contributed by atoms with van der Waals surface area (Å²) in [4.78, 5) is 16.3. The molecule has 0 saturated carbocycles. The van der Waals surface area contributed by atoms with Crippen molar-refractivity contribution < 1.29 is 17.6 Å². The second kappa shape index (κ2) is 6.73. The molecule has 2 aliphatic rings. The van der Waals surface area contributed by atoms with Crippen LogP contribution in [0.1, 0.15) is 11.1 Å². The molecule has 1 amide bonds. The maximum absolute atomic E-state index is 14.1. The lowest BCUT2D eigenvalue weighted by molar-refractivity contribution is -0.123. The van der Waals surface area contributed by atoms with Crippen molar-refractivity contribution in [2.45, 2.75) is 25.6 Å². The minimum absolute atomic E-state index is 0.0121. The minimum Gasteiger partial charge on any atom is -0.306 e. The third kappa shape index (κ3) is 3.49. The van der Waals surface area contributed by atoms with E-state index in [1.165, 1.54) is 6.07 Å². The van der Waals surface area contributed by atoms with E-state index in [1.54, 1.807) is 28.0 Å². The van der Waals surface area contributed by atoms with Gasteiger partial charge >= 0.3 is 0 Å². The highest BCUT2D eigenvalue weighted by atomic mass is 32.2. The molecule has 0 radical (unpaired) electrons. The molecule has 0 N–H and O–H groups in total. The molecule has 2 aromatic carbocycles. The molecule has 2 saturated heterocycles. The van der Waals surface area contributed by atoms with Crippen LogP contribution >= 0.6 is 0 Å². The molecule has 0 bridgehead atoms. The number of anilines is 1. The van der Waals surface area contributed by atoms with E-state index in [1.807, 2.05) is 31.2 Å². The van der Waals surface area contributed by atoms with E-state index >= 15 is 0 Å². The highest BCUT2D eigenvalue weighted by Crippen LogP contribution is 2.32. The first kappa shape index (κ1) is 18.1. The zero-order chi connectivity index (χ0) is 19.2. The van der Waals surface area contributed by atoms with Crippen LogP contribution in [0.25, 0.3) is 0 Å². The summed E-state index contributed by atoms with van der Waals surface area (Å²) in [5, 5.41) is 0. The number of nitrogens with zero attached hydrogens (tertiary/aromatic N) is 2.